The molecule has 0 spiro atoms. The number of nitrogens with one attached hydrogen (secondary N) is 2. The highest BCUT2D eigenvalue weighted by Gasteiger charge is 2.34. The Balaban J connectivity index is 1.92. The number of nitrogens with zero attached hydrogens (tertiary/aromatic N) is 2. The molecule has 21 heavy (non-hydrogen) atoms. The van der Waals surface area contributed by atoms with Crippen LogP contribution in [0.3, 0.4) is 0 Å². The smallest absolute Gasteiger partial charge is 0.216 e. The monoisotopic (exact) mass is 292 g/mol. The quantitative estimate of drug-likeness (QED) is 0.625. The molecule has 1 heterocycles. The molecule has 0 aliphatic heterocycles. The SMILES string of the molecule is CCNC(=NCc1nc(C)c(C)o1)NCC1(CC)CCC1. The molecule has 0 atom stereocenters. The normalized spacial score (nSPS) is 17.4. The van der Waals surface area contributed by atoms with Crippen LogP contribution in [-0.4, -0.2) is 24.0 Å². The van der Waals surface area contributed by atoms with Crippen molar-refractivity contribution >= 4 is 5.96 Å². The molecule has 0 saturated heterocycles. The van der Waals surface area contributed by atoms with E-state index in [1.54, 1.807) is 0 Å². The highest BCUT2D eigenvalue weighted by Crippen LogP contribution is 2.42. The van der Waals surface area contributed by atoms with Gasteiger partial charge in [0.15, 0.2) is 5.96 Å². The first-order valence-corrected chi connectivity index (χ1v) is 8.03. The number of hydrogen-bond acceptors (Lipinski definition) is 3. The van der Waals surface area contributed by atoms with Gasteiger partial charge < -0.3 is 15.1 Å². The molecule has 2 N–H and O–H groups in total. The lowest BCUT2D eigenvalue weighted by Gasteiger charge is -2.41. The van der Waals surface area contributed by atoms with Gasteiger partial charge in [-0.25, -0.2) is 9.98 Å². The minimum Gasteiger partial charge on any atom is -0.444 e. The van der Waals surface area contributed by atoms with Crippen molar-refractivity contribution in [3.05, 3.63) is 17.3 Å². The maximum atomic E-state index is 5.57. The van der Waals surface area contributed by atoms with Crippen LogP contribution in [0.2, 0.25) is 0 Å². The molecule has 118 valence electrons. The molecule has 2 rings (SSSR count). The van der Waals surface area contributed by atoms with Gasteiger partial charge in [-0.1, -0.05) is 13.3 Å². The summed E-state index contributed by atoms with van der Waals surface area (Å²) >= 11 is 0. The van der Waals surface area contributed by atoms with Gasteiger partial charge in [0.1, 0.15) is 12.3 Å². The summed E-state index contributed by atoms with van der Waals surface area (Å²) in [6.45, 7) is 10.6. The first kappa shape index (κ1) is 15.9. The molecule has 0 amide bonds. The summed E-state index contributed by atoms with van der Waals surface area (Å²) < 4.78 is 5.57. The predicted octanol–water partition coefficient (Wildman–Crippen LogP) is 2.93. The third kappa shape index (κ3) is 3.99. The van der Waals surface area contributed by atoms with Crippen LogP contribution in [0.1, 0.15) is 56.9 Å². The van der Waals surface area contributed by atoms with Crippen molar-refractivity contribution in [1.29, 1.82) is 0 Å². The Bertz CT molecular complexity index is 463. The van der Waals surface area contributed by atoms with Crippen LogP contribution in [-0.2, 0) is 6.54 Å². The van der Waals surface area contributed by atoms with Crippen LogP contribution in [0.5, 0.6) is 0 Å². The third-order valence-electron chi connectivity index (χ3n) is 4.58. The molecule has 5 nitrogen and oxygen atoms in total. The standard InChI is InChI=1S/C16H28N4O/c1-5-16(8-7-9-16)11-19-15(17-6-2)18-10-14-20-12(3)13(4)21-14/h5-11H2,1-4H3,(H2,17,18,19). The topological polar surface area (TPSA) is 62.5 Å². The van der Waals surface area contributed by atoms with Crippen molar-refractivity contribution in [3.63, 3.8) is 0 Å². The summed E-state index contributed by atoms with van der Waals surface area (Å²) in [5.74, 6) is 2.40. The lowest BCUT2D eigenvalue weighted by atomic mass is 9.67. The molecule has 1 saturated carbocycles. The molecular weight excluding hydrogens is 264 g/mol. The van der Waals surface area contributed by atoms with E-state index in [0.717, 1.165) is 30.5 Å². The fourth-order valence-electron chi connectivity index (χ4n) is 2.70. The molecule has 0 radical (unpaired) electrons. The average Bonchev–Trinajstić information content (AvgIpc) is 2.74. The van der Waals surface area contributed by atoms with E-state index in [0.29, 0.717) is 17.9 Å². The van der Waals surface area contributed by atoms with Crippen LogP contribution >= 0.6 is 0 Å². The van der Waals surface area contributed by atoms with Crippen molar-refractivity contribution in [1.82, 2.24) is 15.6 Å². The first-order chi connectivity index (χ1) is 10.1. The summed E-state index contributed by atoms with van der Waals surface area (Å²) in [5.41, 5.74) is 1.42. The zero-order valence-electron chi connectivity index (χ0n) is 13.8. The molecule has 1 aromatic rings. The van der Waals surface area contributed by atoms with Gasteiger partial charge in [0.2, 0.25) is 5.89 Å². The second kappa shape index (κ2) is 6.96. The highest BCUT2D eigenvalue weighted by molar-refractivity contribution is 5.79. The number of rotatable bonds is 6. The van der Waals surface area contributed by atoms with E-state index >= 15 is 0 Å². The molecule has 1 fully saturated rings. The first-order valence-electron chi connectivity index (χ1n) is 8.03. The van der Waals surface area contributed by atoms with Gasteiger partial charge >= 0.3 is 0 Å². The minimum absolute atomic E-state index is 0.475. The van der Waals surface area contributed by atoms with E-state index in [9.17, 15) is 0 Å². The fourth-order valence-corrected chi connectivity index (χ4v) is 2.70. The van der Waals surface area contributed by atoms with E-state index in [1.165, 1.54) is 25.7 Å². The van der Waals surface area contributed by atoms with Crippen LogP contribution in [0.15, 0.2) is 9.41 Å². The number of aromatic nitrogens is 1. The molecule has 1 aliphatic rings. The second-order valence-corrected chi connectivity index (χ2v) is 6.01. The maximum absolute atomic E-state index is 5.57. The third-order valence-corrected chi connectivity index (χ3v) is 4.58. The summed E-state index contributed by atoms with van der Waals surface area (Å²) in [6.07, 6.45) is 5.25. The Kier molecular flexibility index (Phi) is 5.26. The van der Waals surface area contributed by atoms with Crippen molar-refractivity contribution in [2.45, 2.75) is 59.9 Å². The van der Waals surface area contributed by atoms with Crippen molar-refractivity contribution in [2.24, 2.45) is 10.4 Å². The van der Waals surface area contributed by atoms with Crippen LogP contribution < -0.4 is 10.6 Å². The number of oxazole rings is 1. The van der Waals surface area contributed by atoms with E-state index in [-0.39, 0.29) is 0 Å². The van der Waals surface area contributed by atoms with E-state index < -0.39 is 0 Å². The highest BCUT2D eigenvalue weighted by atomic mass is 16.4. The number of hydrogen-bond donors (Lipinski definition) is 2. The lowest BCUT2D eigenvalue weighted by molar-refractivity contribution is 0.131. The number of guanidine groups is 1. The van der Waals surface area contributed by atoms with Crippen molar-refractivity contribution in [2.75, 3.05) is 13.1 Å². The molecule has 0 bridgehead atoms. The summed E-state index contributed by atoms with van der Waals surface area (Å²) in [5, 5.41) is 6.76. The molecule has 5 heteroatoms. The van der Waals surface area contributed by atoms with Crippen LogP contribution in [0, 0.1) is 19.3 Å². The summed E-state index contributed by atoms with van der Waals surface area (Å²) in [4.78, 5) is 8.94. The largest absolute Gasteiger partial charge is 0.444 e. The van der Waals surface area contributed by atoms with Gasteiger partial charge in [-0.15, -0.1) is 0 Å². The molecular formula is C16H28N4O. The van der Waals surface area contributed by atoms with Crippen molar-refractivity contribution in [3.8, 4) is 0 Å². The Morgan fingerprint density at radius 3 is 2.52 bits per heavy atom. The van der Waals surface area contributed by atoms with Crippen LogP contribution in [0.4, 0.5) is 0 Å². The van der Waals surface area contributed by atoms with Crippen molar-refractivity contribution < 1.29 is 4.42 Å². The van der Waals surface area contributed by atoms with Gasteiger partial charge in [-0.2, -0.15) is 0 Å². The maximum Gasteiger partial charge on any atom is 0.216 e. The zero-order chi connectivity index (χ0) is 15.3. The van der Waals surface area contributed by atoms with Gasteiger partial charge in [-0.3, -0.25) is 0 Å². The van der Waals surface area contributed by atoms with E-state index in [1.807, 2.05) is 13.8 Å². The molecule has 1 aromatic heterocycles. The van der Waals surface area contributed by atoms with E-state index in [4.69, 9.17) is 4.42 Å². The number of aryl methyl sites for hydroxylation is 2. The molecule has 1 aliphatic carbocycles. The zero-order valence-corrected chi connectivity index (χ0v) is 13.8. The van der Waals surface area contributed by atoms with E-state index in [2.05, 4.69) is 34.5 Å². The van der Waals surface area contributed by atoms with Gasteiger partial charge in [0, 0.05) is 13.1 Å². The average molecular weight is 292 g/mol. The Morgan fingerprint density at radius 1 is 1.29 bits per heavy atom. The summed E-state index contributed by atoms with van der Waals surface area (Å²) in [7, 11) is 0. The van der Waals surface area contributed by atoms with Gasteiger partial charge in [-0.05, 0) is 45.4 Å². The molecule has 0 aromatic carbocycles. The molecule has 0 unspecified atom stereocenters. The lowest BCUT2D eigenvalue weighted by Crippen LogP contribution is -2.46. The second-order valence-electron chi connectivity index (χ2n) is 6.01. The predicted molar refractivity (Wildman–Crippen MR) is 85.4 cm³/mol. The van der Waals surface area contributed by atoms with Crippen LogP contribution in [0.25, 0.3) is 0 Å². The Hall–Kier alpha value is -1.52. The fraction of sp³-hybridized carbons (Fsp3) is 0.750. The number of aliphatic imine (C=N–C) groups is 1. The minimum atomic E-state index is 0.475. The van der Waals surface area contributed by atoms with Gasteiger partial charge in [0.05, 0.1) is 5.69 Å². The van der Waals surface area contributed by atoms with Gasteiger partial charge in [0.25, 0.3) is 0 Å². The Labute approximate surface area is 127 Å². The Morgan fingerprint density at radius 2 is 2.05 bits per heavy atom. The summed E-state index contributed by atoms with van der Waals surface area (Å²) in [6, 6.07) is 0.